The van der Waals surface area contributed by atoms with Gasteiger partial charge < -0.3 is 15.3 Å². The van der Waals surface area contributed by atoms with E-state index in [1.54, 1.807) is 112 Å². The zero-order valence-corrected chi connectivity index (χ0v) is 22.7. The molecule has 0 saturated carbocycles. The SMILES string of the molecule is CCC(O)N(OP(=O)(ON(c1ccccc1)C(O)CC)ON(c1ccccc1)C(O)CC)c1ccccc1. The lowest BCUT2D eigenvalue weighted by Crippen LogP contribution is -2.41. The average Bonchev–Trinajstić information content (AvgIpc) is 2.97. The highest BCUT2D eigenvalue weighted by Gasteiger charge is 2.42. The Morgan fingerprint density at radius 3 is 1.00 bits per heavy atom. The van der Waals surface area contributed by atoms with Crippen molar-refractivity contribution in [2.75, 3.05) is 15.2 Å². The minimum atomic E-state index is -4.79. The van der Waals surface area contributed by atoms with E-state index in [1.807, 2.05) is 0 Å². The minimum Gasteiger partial charge on any atom is -0.371 e. The van der Waals surface area contributed by atoms with E-state index < -0.39 is 26.5 Å². The van der Waals surface area contributed by atoms with Gasteiger partial charge in [-0.2, -0.15) is 13.9 Å². The van der Waals surface area contributed by atoms with Gasteiger partial charge in [-0.25, -0.2) is 19.8 Å². The Balaban J connectivity index is 2.09. The Kier molecular flexibility index (Phi) is 11.1. The molecule has 0 saturated heterocycles. The molecule has 0 fully saturated rings. The van der Waals surface area contributed by atoms with Gasteiger partial charge in [0.2, 0.25) is 0 Å². The maximum absolute atomic E-state index is 14.5. The molecule has 206 valence electrons. The zero-order chi connectivity index (χ0) is 27.5. The molecular formula is C27H36N3O7P. The minimum absolute atomic E-state index is 0.217. The molecule has 0 aliphatic carbocycles. The maximum atomic E-state index is 14.5. The molecule has 3 unspecified atom stereocenters. The smallest absolute Gasteiger partial charge is 0.371 e. The summed E-state index contributed by atoms with van der Waals surface area (Å²) in [5.41, 5.74) is 1.16. The third-order valence-corrected chi connectivity index (χ3v) is 6.63. The van der Waals surface area contributed by atoms with Gasteiger partial charge in [0.15, 0.2) is 18.7 Å². The van der Waals surface area contributed by atoms with E-state index in [1.165, 1.54) is 0 Å². The molecule has 3 atom stereocenters. The van der Waals surface area contributed by atoms with E-state index in [0.29, 0.717) is 17.1 Å². The second-order valence-electron chi connectivity index (χ2n) is 8.34. The van der Waals surface area contributed by atoms with Gasteiger partial charge in [-0.1, -0.05) is 75.4 Å². The van der Waals surface area contributed by atoms with Crippen LogP contribution in [0.5, 0.6) is 0 Å². The Labute approximate surface area is 223 Å². The number of phosphoric acid groups is 1. The topological polar surface area (TPSA) is 115 Å². The van der Waals surface area contributed by atoms with Crippen LogP contribution in [-0.4, -0.2) is 34.0 Å². The summed E-state index contributed by atoms with van der Waals surface area (Å²) in [6.45, 7) is 5.18. The maximum Gasteiger partial charge on any atom is 0.540 e. The largest absolute Gasteiger partial charge is 0.540 e. The normalized spacial score (nSPS) is 15.2. The standard InChI is InChI=1S/C27H36N3O7P/c1-4-25(31)28(22-16-10-7-11-17-22)35-38(34,36-29(26(32)5-2)23-18-12-8-13-19-23)37-30(27(33)6-3)24-20-14-9-15-21-24/h7-21,25-27,31-33H,4-6H2,1-3H3. The van der Waals surface area contributed by atoms with Crippen molar-refractivity contribution in [3.63, 3.8) is 0 Å². The molecule has 0 aromatic heterocycles. The van der Waals surface area contributed by atoms with E-state index in [2.05, 4.69) is 0 Å². The summed E-state index contributed by atoms with van der Waals surface area (Å²) in [6.07, 6.45) is -3.01. The zero-order valence-electron chi connectivity index (χ0n) is 21.8. The molecule has 3 rings (SSSR count). The molecule has 0 aliphatic heterocycles. The van der Waals surface area contributed by atoms with Crippen molar-refractivity contribution in [2.24, 2.45) is 0 Å². The highest BCUT2D eigenvalue weighted by atomic mass is 31.2. The fraction of sp³-hybridized carbons (Fsp3) is 0.333. The van der Waals surface area contributed by atoms with Crippen molar-refractivity contribution in [1.82, 2.24) is 0 Å². The molecule has 0 aliphatic rings. The van der Waals surface area contributed by atoms with Crippen LogP contribution in [0.2, 0.25) is 0 Å². The number of para-hydroxylation sites is 3. The summed E-state index contributed by atoms with van der Waals surface area (Å²) in [7, 11) is -4.79. The van der Waals surface area contributed by atoms with Crippen molar-refractivity contribution >= 4 is 24.9 Å². The molecule has 0 amide bonds. The predicted molar refractivity (Wildman–Crippen MR) is 147 cm³/mol. The van der Waals surface area contributed by atoms with Crippen LogP contribution in [0.4, 0.5) is 17.1 Å². The van der Waals surface area contributed by atoms with Crippen LogP contribution in [0.15, 0.2) is 91.0 Å². The Hall–Kier alpha value is -2.95. The first kappa shape index (κ1) is 29.6. The molecule has 3 N–H and O–H groups in total. The van der Waals surface area contributed by atoms with Gasteiger partial charge in [-0.05, 0) is 55.7 Å². The van der Waals surface area contributed by atoms with Crippen LogP contribution in [0.1, 0.15) is 40.0 Å². The number of rotatable bonds is 15. The molecule has 0 spiro atoms. The molecule has 38 heavy (non-hydrogen) atoms. The number of hydrogen-bond donors (Lipinski definition) is 3. The Morgan fingerprint density at radius 2 is 0.789 bits per heavy atom. The predicted octanol–water partition coefficient (Wildman–Crippen LogP) is 5.59. The average molecular weight is 546 g/mol. The fourth-order valence-corrected chi connectivity index (χ4v) is 4.76. The summed E-state index contributed by atoms with van der Waals surface area (Å²) in [5, 5.41) is 35.5. The third kappa shape index (κ3) is 7.78. The molecular weight excluding hydrogens is 509 g/mol. The highest BCUT2D eigenvalue weighted by Crippen LogP contribution is 2.54. The summed E-state index contributed by atoms with van der Waals surface area (Å²) in [4.78, 5) is 0. The number of hydrogen-bond acceptors (Lipinski definition) is 10. The Morgan fingerprint density at radius 1 is 0.553 bits per heavy atom. The van der Waals surface area contributed by atoms with E-state index in [-0.39, 0.29) is 19.3 Å². The monoisotopic (exact) mass is 545 g/mol. The second-order valence-corrected chi connectivity index (χ2v) is 9.73. The number of benzene rings is 3. The van der Waals surface area contributed by atoms with E-state index in [9.17, 15) is 19.9 Å². The van der Waals surface area contributed by atoms with Gasteiger partial charge in [0.25, 0.3) is 0 Å². The van der Waals surface area contributed by atoms with Crippen LogP contribution in [0, 0.1) is 0 Å². The van der Waals surface area contributed by atoms with Crippen LogP contribution in [0.3, 0.4) is 0 Å². The van der Waals surface area contributed by atoms with E-state index in [0.717, 1.165) is 15.2 Å². The van der Waals surface area contributed by atoms with Gasteiger partial charge in [-0.3, -0.25) is 0 Å². The summed E-state index contributed by atoms with van der Waals surface area (Å²) < 4.78 is 32.1. The van der Waals surface area contributed by atoms with Gasteiger partial charge in [0.1, 0.15) is 0 Å². The van der Waals surface area contributed by atoms with Crippen LogP contribution >= 0.6 is 7.82 Å². The number of hydroxylamine groups is 3. The van der Waals surface area contributed by atoms with E-state index in [4.69, 9.17) is 13.9 Å². The first-order valence-corrected chi connectivity index (χ1v) is 14.0. The molecule has 3 aromatic carbocycles. The van der Waals surface area contributed by atoms with Crippen molar-refractivity contribution in [2.45, 2.75) is 58.7 Å². The Bertz CT molecular complexity index is 986. The molecule has 0 radical (unpaired) electrons. The lowest BCUT2D eigenvalue weighted by Gasteiger charge is -2.37. The number of anilines is 3. The lowest BCUT2D eigenvalue weighted by molar-refractivity contribution is -0.0113. The van der Waals surface area contributed by atoms with Gasteiger partial charge in [-0.15, -0.1) is 0 Å². The van der Waals surface area contributed by atoms with Crippen molar-refractivity contribution in [1.29, 1.82) is 0 Å². The highest BCUT2D eigenvalue weighted by molar-refractivity contribution is 7.48. The summed E-state index contributed by atoms with van der Waals surface area (Å²) in [6, 6.07) is 25.7. The second kappa shape index (κ2) is 14.3. The van der Waals surface area contributed by atoms with Crippen LogP contribution in [-0.2, 0) is 18.4 Å². The molecule has 11 heteroatoms. The van der Waals surface area contributed by atoms with Gasteiger partial charge >= 0.3 is 7.82 Å². The quantitative estimate of drug-likeness (QED) is 0.127. The number of aliphatic hydroxyl groups is 3. The molecule has 0 bridgehead atoms. The molecule has 0 heterocycles. The van der Waals surface area contributed by atoms with Crippen molar-refractivity contribution in [3.8, 4) is 0 Å². The molecule has 10 nitrogen and oxygen atoms in total. The number of nitrogens with zero attached hydrogens (tertiary/aromatic N) is 3. The first-order chi connectivity index (χ1) is 18.3. The molecule has 3 aromatic rings. The van der Waals surface area contributed by atoms with E-state index >= 15 is 0 Å². The van der Waals surface area contributed by atoms with Crippen LogP contribution < -0.4 is 15.2 Å². The van der Waals surface area contributed by atoms with Crippen molar-refractivity contribution in [3.05, 3.63) is 91.0 Å². The van der Waals surface area contributed by atoms with Crippen LogP contribution in [0.25, 0.3) is 0 Å². The van der Waals surface area contributed by atoms with Crippen molar-refractivity contribution < 1.29 is 33.8 Å². The van der Waals surface area contributed by atoms with Gasteiger partial charge in [0, 0.05) is 0 Å². The first-order valence-electron chi connectivity index (χ1n) is 12.6. The van der Waals surface area contributed by atoms with Gasteiger partial charge in [0.05, 0.1) is 17.1 Å². The summed E-state index contributed by atoms with van der Waals surface area (Å²) >= 11 is 0. The summed E-state index contributed by atoms with van der Waals surface area (Å²) in [5.74, 6) is 0. The lowest BCUT2D eigenvalue weighted by atomic mass is 10.3. The third-order valence-electron chi connectivity index (χ3n) is 5.50. The number of aliphatic hydroxyl groups excluding tert-OH is 3. The fourth-order valence-electron chi connectivity index (χ4n) is 3.41.